The van der Waals surface area contributed by atoms with E-state index in [1.165, 1.54) is 23.9 Å². The van der Waals surface area contributed by atoms with E-state index >= 15 is 0 Å². The summed E-state index contributed by atoms with van der Waals surface area (Å²) in [5.41, 5.74) is 5.31. The van der Waals surface area contributed by atoms with Crippen LogP contribution < -0.4 is 38.9 Å². The Morgan fingerprint density at radius 2 is 1.51 bits per heavy atom. The van der Waals surface area contributed by atoms with Gasteiger partial charge in [-0.15, -0.1) is 13.2 Å². The number of ether oxygens (including phenoxy) is 1. The minimum atomic E-state index is -4.77. The first kappa shape index (κ1) is 35.6. The summed E-state index contributed by atoms with van der Waals surface area (Å²) in [4.78, 5) is 27.2. The van der Waals surface area contributed by atoms with Crippen molar-refractivity contribution in [1.29, 1.82) is 0 Å². The number of nitrogens with one attached hydrogen (secondary N) is 1. The molecule has 0 aliphatic heterocycles. The molecule has 0 heterocycles. The van der Waals surface area contributed by atoms with Gasteiger partial charge in [-0.3, -0.25) is 4.79 Å². The van der Waals surface area contributed by atoms with Gasteiger partial charge in [-0.2, -0.15) is 11.8 Å². The number of thioether (sulfide) groups is 1. The van der Waals surface area contributed by atoms with E-state index in [1.54, 1.807) is 18.2 Å². The van der Waals surface area contributed by atoms with Crippen molar-refractivity contribution in [3.8, 4) is 16.9 Å². The number of carboxylic acid groups (broad SMARTS) is 1. The molecular weight excluding hydrogens is 596 g/mol. The smallest absolute Gasteiger partial charge is 0.548 e. The van der Waals surface area contributed by atoms with Gasteiger partial charge in [0.15, 0.2) is 0 Å². The third-order valence-electron chi connectivity index (χ3n) is 6.99. The molecule has 0 aromatic heterocycles. The molecule has 45 heavy (non-hydrogen) atoms. The fraction of sp³-hybridized carbons (Fsp3) is 0.235. The maximum atomic E-state index is 13.4. The van der Waals surface area contributed by atoms with Crippen molar-refractivity contribution in [2.45, 2.75) is 38.8 Å². The monoisotopic (exact) mass is 628 g/mol. The van der Waals surface area contributed by atoms with Crippen molar-refractivity contribution in [1.82, 2.24) is 5.32 Å². The number of alkyl halides is 3. The van der Waals surface area contributed by atoms with E-state index in [9.17, 15) is 27.9 Å². The number of halogens is 3. The van der Waals surface area contributed by atoms with E-state index in [0.29, 0.717) is 30.0 Å². The number of para-hydroxylation sites is 1. The zero-order chi connectivity index (χ0) is 31.7. The molecule has 1 amide bonds. The van der Waals surface area contributed by atoms with Crippen LogP contribution in [0.2, 0.25) is 0 Å². The van der Waals surface area contributed by atoms with Crippen molar-refractivity contribution in [2.24, 2.45) is 0 Å². The molecule has 1 unspecified atom stereocenters. The van der Waals surface area contributed by atoms with Crippen molar-refractivity contribution >= 4 is 29.3 Å². The normalized spacial score (nSPS) is 11.7. The minimum Gasteiger partial charge on any atom is -0.548 e. The second kappa shape index (κ2) is 16.5. The summed E-state index contributed by atoms with van der Waals surface area (Å²) in [7, 11) is 0. The van der Waals surface area contributed by atoms with Crippen LogP contribution >= 0.6 is 11.8 Å². The Hall–Kier alpha value is -3.84. The Bertz CT molecular complexity index is 1570. The van der Waals surface area contributed by atoms with E-state index in [0.717, 1.165) is 27.9 Å². The molecule has 0 aliphatic carbocycles. The third kappa shape index (κ3) is 10.4. The van der Waals surface area contributed by atoms with Gasteiger partial charge in [0.1, 0.15) is 5.75 Å². The number of benzene rings is 4. The molecule has 0 spiro atoms. The predicted octanol–water partition coefficient (Wildman–Crippen LogP) is 3.37. The summed E-state index contributed by atoms with van der Waals surface area (Å²) in [5, 5.41) is 14.4. The van der Waals surface area contributed by atoms with Crippen LogP contribution in [0, 0.1) is 6.92 Å². The van der Waals surface area contributed by atoms with Crippen LogP contribution in [0.1, 0.15) is 33.5 Å². The van der Waals surface area contributed by atoms with Crippen LogP contribution in [0.5, 0.6) is 5.75 Å². The van der Waals surface area contributed by atoms with Crippen molar-refractivity contribution in [2.75, 3.05) is 16.9 Å². The first-order valence-electron chi connectivity index (χ1n) is 13.9. The molecule has 0 saturated carbocycles. The average molecular weight is 629 g/mol. The molecule has 0 fully saturated rings. The molecule has 0 bridgehead atoms. The van der Waals surface area contributed by atoms with Crippen molar-refractivity contribution in [3.05, 3.63) is 119 Å². The Labute approximate surface area is 277 Å². The summed E-state index contributed by atoms with van der Waals surface area (Å²) in [6.07, 6.45) is -2.67. The Kier molecular flexibility index (Phi) is 13.0. The molecule has 4 aromatic carbocycles. The van der Waals surface area contributed by atoms with Crippen molar-refractivity contribution in [3.63, 3.8) is 0 Å². The van der Waals surface area contributed by atoms with Crippen LogP contribution in [-0.2, 0) is 17.9 Å². The molecule has 230 valence electrons. The molecule has 0 aliphatic rings. The van der Waals surface area contributed by atoms with Crippen LogP contribution in [0.25, 0.3) is 11.1 Å². The van der Waals surface area contributed by atoms with E-state index in [1.807, 2.05) is 79.9 Å². The molecule has 11 heteroatoms. The topological polar surface area (TPSA) is 81.7 Å². The van der Waals surface area contributed by atoms with Gasteiger partial charge >= 0.3 is 25.2 Å². The Morgan fingerprint density at radius 1 is 0.889 bits per heavy atom. The molecule has 4 rings (SSSR count). The van der Waals surface area contributed by atoms with Gasteiger partial charge < -0.3 is 24.9 Å². The molecular formula is C34H32F3LiN2O4S. The molecule has 6 nitrogen and oxygen atoms in total. The van der Waals surface area contributed by atoms with Gasteiger partial charge in [-0.1, -0.05) is 60.7 Å². The second-order valence-electron chi connectivity index (χ2n) is 10.2. The zero-order valence-electron chi connectivity index (χ0n) is 25.3. The number of anilines is 1. The summed E-state index contributed by atoms with van der Waals surface area (Å²) in [6.45, 7) is 2.75. The number of aryl methyl sites for hydroxylation is 1. The van der Waals surface area contributed by atoms with Crippen LogP contribution in [-0.4, -0.2) is 36.3 Å². The number of carboxylic acids is 1. The standard InChI is InChI=1S/C34H33F3N2O4S.Li/c1-23-8-6-7-11-28(23)30-20-25(14-17-29(30)32(40)38-31(33(41)42)18-19-44-2)22-39(26-9-4-3-5-10-26)21-24-12-15-27(16-13-24)43-34(35,36)37;/h3-17,20,31H,18-19,21-22H2,1-2H3,(H,38,40)(H,41,42);/q;+1/p-1. The SMILES string of the molecule is CSCCC(NC(=O)c1ccc(CN(Cc2ccc(OC(F)(F)F)cc2)c2ccccc2)cc1-c1ccccc1C)C(=O)[O-].[Li+]. The predicted molar refractivity (Wildman–Crippen MR) is 165 cm³/mol. The van der Waals surface area contributed by atoms with Gasteiger partial charge in [0.2, 0.25) is 0 Å². The molecule has 1 N–H and O–H groups in total. The number of rotatable bonds is 13. The Balaban J connectivity index is 0.00000552. The summed E-state index contributed by atoms with van der Waals surface area (Å²) >= 11 is 1.48. The van der Waals surface area contributed by atoms with Crippen LogP contribution in [0.15, 0.2) is 97.1 Å². The molecule has 4 aromatic rings. The summed E-state index contributed by atoms with van der Waals surface area (Å²) in [6, 6.07) is 27.3. The van der Waals surface area contributed by atoms with Gasteiger partial charge in [0, 0.05) is 24.3 Å². The molecule has 0 radical (unpaired) electrons. The van der Waals surface area contributed by atoms with Gasteiger partial charge in [-0.05, 0) is 89.6 Å². The number of hydrogen-bond donors (Lipinski definition) is 1. The maximum Gasteiger partial charge on any atom is 1.00 e. The Morgan fingerprint density at radius 3 is 2.13 bits per heavy atom. The zero-order valence-corrected chi connectivity index (χ0v) is 26.1. The van der Waals surface area contributed by atoms with Gasteiger partial charge in [0.05, 0.1) is 12.0 Å². The third-order valence-corrected chi connectivity index (χ3v) is 7.63. The number of carbonyl (C=O) groups is 2. The maximum absolute atomic E-state index is 13.4. The minimum absolute atomic E-state index is 0. The van der Waals surface area contributed by atoms with Gasteiger partial charge in [-0.25, -0.2) is 0 Å². The molecule has 0 saturated heterocycles. The number of amides is 1. The summed E-state index contributed by atoms with van der Waals surface area (Å²) in [5.74, 6) is -1.58. The van der Waals surface area contributed by atoms with E-state index < -0.39 is 24.3 Å². The van der Waals surface area contributed by atoms with Gasteiger partial charge in [0.25, 0.3) is 5.91 Å². The first-order chi connectivity index (χ1) is 21.0. The number of nitrogens with zero attached hydrogens (tertiary/aromatic N) is 1. The quantitative estimate of drug-likeness (QED) is 0.229. The fourth-order valence-electron chi connectivity index (χ4n) is 4.82. The van der Waals surface area contributed by atoms with E-state index in [2.05, 4.69) is 15.0 Å². The largest absolute Gasteiger partial charge is 1.00 e. The van der Waals surface area contributed by atoms with E-state index in [4.69, 9.17) is 0 Å². The average Bonchev–Trinajstić information content (AvgIpc) is 2.99. The van der Waals surface area contributed by atoms with Crippen LogP contribution in [0.4, 0.5) is 18.9 Å². The fourth-order valence-corrected chi connectivity index (χ4v) is 5.29. The van der Waals surface area contributed by atoms with Crippen LogP contribution in [0.3, 0.4) is 0 Å². The number of carbonyl (C=O) groups excluding carboxylic acids is 2. The number of aliphatic carboxylic acids is 1. The van der Waals surface area contributed by atoms with E-state index in [-0.39, 0.29) is 31.0 Å². The van der Waals surface area contributed by atoms with Crippen molar-refractivity contribution < 1.29 is 51.5 Å². The first-order valence-corrected chi connectivity index (χ1v) is 15.3. The molecule has 1 atom stereocenters. The second-order valence-corrected chi connectivity index (χ2v) is 11.2. The number of hydrogen-bond acceptors (Lipinski definition) is 6. The summed E-state index contributed by atoms with van der Waals surface area (Å²) < 4.78 is 41.9.